The Bertz CT molecular complexity index is 687. The van der Waals surface area contributed by atoms with Crippen LogP contribution >= 0.6 is 11.6 Å². The number of benzene rings is 1. The van der Waals surface area contributed by atoms with E-state index in [2.05, 4.69) is 11.1 Å². The molecular formula is C13H13ClN4O2. The number of carbonyl (C=O) groups is 1. The molecule has 0 saturated heterocycles. The third-order valence-corrected chi connectivity index (χ3v) is 3.02. The smallest absolute Gasteiger partial charge is 0.404 e. The minimum atomic E-state index is -0.826. The molecule has 0 bridgehead atoms. The second-order valence-electron chi connectivity index (χ2n) is 4.22. The highest BCUT2D eigenvalue weighted by atomic mass is 35.5. The highest BCUT2D eigenvalue weighted by Crippen LogP contribution is 2.25. The molecule has 104 valence electrons. The predicted octanol–water partition coefficient (Wildman–Crippen LogP) is 2.30. The zero-order valence-corrected chi connectivity index (χ0v) is 11.6. The number of imidazole rings is 1. The van der Waals surface area contributed by atoms with Crippen molar-refractivity contribution >= 4 is 28.7 Å². The molecular weight excluding hydrogens is 280 g/mol. The summed E-state index contributed by atoms with van der Waals surface area (Å²) in [7, 11) is 0. The van der Waals surface area contributed by atoms with Crippen LogP contribution in [0.4, 0.5) is 4.79 Å². The maximum Gasteiger partial charge on any atom is 0.404 e. The van der Waals surface area contributed by atoms with E-state index in [4.69, 9.17) is 27.3 Å². The predicted molar refractivity (Wildman–Crippen MR) is 74.3 cm³/mol. The van der Waals surface area contributed by atoms with Crippen LogP contribution in [0, 0.1) is 11.3 Å². The van der Waals surface area contributed by atoms with Gasteiger partial charge in [0.25, 0.3) is 0 Å². The molecule has 2 N–H and O–H groups in total. The van der Waals surface area contributed by atoms with Gasteiger partial charge < -0.3 is 15.0 Å². The molecule has 0 radical (unpaired) electrons. The van der Waals surface area contributed by atoms with Gasteiger partial charge in [0.2, 0.25) is 0 Å². The van der Waals surface area contributed by atoms with Gasteiger partial charge in [-0.3, -0.25) is 0 Å². The second-order valence-corrected chi connectivity index (χ2v) is 4.88. The molecule has 1 atom stereocenters. The van der Waals surface area contributed by atoms with Crippen LogP contribution in [-0.2, 0) is 11.3 Å². The Morgan fingerprint density at radius 1 is 1.65 bits per heavy atom. The van der Waals surface area contributed by atoms with Crippen molar-refractivity contribution in [2.75, 3.05) is 6.61 Å². The van der Waals surface area contributed by atoms with Crippen LogP contribution in [0.5, 0.6) is 0 Å². The normalized spacial score (nSPS) is 12.1. The van der Waals surface area contributed by atoms with Gasteiger partial charge in [0.1, 0.15) is 12.4 Å². The maximum atomic E-state index is 10.6. The lowest BCUT2D eigenvalue weighted by Crippen LogP contribution is -2.17. The fourth-order valence-corrected chi connectivity index (χ4v) is 2.15. The molecule has 1 unspecified atom stereocenters. The van der Waals surface area contributed by atoms with Crippen LogP contribution in [-0.4, -0.2) is 22.3 Å². The third kappa shape index (κ3) is 2.83. The number of nitrogens with zero attached hydrogens (tertiary/aromatic N) is 3. The van der Waals surface area contributed by atoms with Gasteiger partial charge in [0, 0.05) is 0 Å². The average Bonchev–Trinajstić information content (AvgIpc) is 2.76. The molecule has 0 saturated carbocycles. The lowest BCUT2D eigenvalue weighted by molar-refractivity contribution is 0.152. The molecule has 1 amide bonds. The Morgan fingerprint density at radius 2 is 2.40 bits per heavy atom. The number of aromatic nitrogens is 2. The van der Waals surface area contributed by atoms with Gasteiger partial charge >= 0.3 is 6.09 Å². The van der Waals surface area contributed by atoms with Crippen molar-refractivity contribution in [1.82, 2.24) is 9.55 Å². The summed E-state index contributed by atoms with van der Waals surface area (Å²) in [4.78, 5) is 15.1. The number of primary amides is 1. The van der Waals surface area contributed by atoms with Crippen LogP contribution in [0.3, 0.4) is 0 Å². The SMILES string of the molecule is CC(Cl)c1nc2ccc(C#N)cc2n1CCOC(N)=O. The molecule has 1 heterocycles. The van der Waals surface area contributed by atoms with E-state index in [0.29, 0.717) is 17.9 Å². The molecule has 0 fully saturated rings. The molecule has 0 aliphatic rings. The first kappa shape index (κ1) is 14.2. The van der Waals surface area contributed by atoms with E-state index in [1.54, 1.807) is 25.1 Å². The van der Waals surface area contributed by atoms with E-state index in [1.807, 2.05) is 4.57 Å². The topological polar surface area (TPSA) is 93.9 Å². The molecule has 2 rings (SSSR count). The fraction of sp³-hybridized carbons (Fsp3) is 0.308. The third-order valence-electron chi connectivity index (χ3n) is 2.82. The minimum absolute atomic E-state index is 0.119. The number of hydrogen-bond acceptors (Lipinski definition) is 4. The van der Waals surface area contributed by atoms with Crippen molar-refractivity contribution < 1.29 is 9.53 Å². The summed E-state index contributed by atoms with van der Waals surface area (Å²) in [6, 6.07) is 7.27. The van der Waals surface area contributed by atoms with E-state index < -0.39 is 6.09 Å². The number of carbonyl (C=O) groups excluding carboxylic acids is 1. The Hall–Kier alpha value is -2.26. The van der Waals surface area contributed by atoms with Gasteiger partial charge in [-0.25, -0.2) is 9.78 Å². The van der Waals surface area contributed by atoms with Gasteiger partial charge in [-0.15, -0.1) is 11.6 Å². The number of rotatable bonds is 4. The quantitative estimate of drug-likeness (QED) is 0.875. The standard InChI is InChI=1S/C13H13ClN4O2/c1-8(14)12-17-10-3-2-9(7-15)6-11(10)18(12)4-5-20-13(16)19/h2-3,6,8H,4-5H2,1H3,(H2,16,19). The van der Waals surface area contributed by atoms with Gasteiger partial charge in [0.05, 0.1) is 34.6 Å². The molecule has 0 aliphatic heterocycles. The monoisotopic (exact) mass is 292 g/mol. The zero-order chi connectivity index (χ0) is 14.7. The van der Waals surface area contributed by atoms with Crippen molar-refractivity contribution in [2.45, 2.75) is 18.8 Å². The summed E-state index contributed by atoms with van der Waals surface area (Å²) in [5, 5.41) is 8.66. The van der Waals surface area contributed by atoms with Crippen LogP contribution in [0.15, 0.2) is 18.2 Å². The first-order valence-corrected chi connectivity index (χ1v) is 6.43. The summed E-state index contributed by atoms with van der Waals surface area (Å²) in [5.41, 5.74) is 6.98. The Labute approximate surface area is 120 Å². The van der Waals surface area contributed by atoms with Gasteiger partial charge in [-0.05, 0) is 25.1 Å². The van der Waals surface area contributed by atoms with Crippen molar-refractivity contribution in [1.29, 1.82) is 5.26 Å². The van der Waals surface area contributed by atoms with E-state index >= 15 is 0 Å². The molecule has 6 nitrogen and oxygen atoms in total. The molecule has 0 aliphatic carbocycles. The first-order valence-electron chi connectivity index (χ1n) is 5.99. The summed E-state index contributed by atoms with van der Waals surface area (Å²) in [6.45, 7) is 2.30. The molecule has 1 aromatic heterocycles. The van der Waals surface area contributed by atoms with Crippen LogP contribution in [0.25, 0.3) is 11.0 Å². The number of amides is 1. The van der Waals surface area contributed by atoms with E-state index in [-0.39, 0.29) is 12.0 Å². The largest absolute Gasteiger partial charge is 0.448 e. The first-order chi connectivity index (χ1) is 9.52. The van der Waals surface area contributed by atoms with E-state index in [1.165, 1.54) is 0 Å². The molecule has 20 heavy (non-hydrogen) atoms. The lowest BCUT2D eigenvalue weighted by Gasteiger charge is -2.10. The Balaban J connectivity index is 2.44. The van der Waals surface area contributed by atoms with Crippen LogP contribution < -0.4 is 5.73 Å². The maximum absolute atomic E-state index is 10.6. The number of halogens is 1. The Morgan fingerprint density at radius 3 is 3.00 bits per heavy atom. The summed E-state index contributed by atoms with van der Waals surface area (Å²) in [5.74, 6) is 0.657. The number of alkyl halides is 1. The molecule has 2 aromatic rings. The number of nitriles is 1. The van der Waals surface area contributed by atoms with Crippen LogP contribution in [0.2, 0.25) is 0 Å². The summed E-state index contributed by atoms with van der Waals surface area (Å²) in [6.07, 6.45) is -0.826. The van der Waals surface area contributed by atoms with Crippen molar-refractivity contribution in [3.63, 3.8) is 0 Å². The summed E-state index contributed by atoms with van der Waals surface area (Å²) < 4.78 is 6.57. The zero-order valence-electron chi connectivity index (χ0n) is 10.8. The number of nitrogens with two attached hydrogens (primary N) is 1. The highest BCUT2D eigenvalue weighted by molar-refractivity contribution is 6.20. The van der Waals surface area contributed by atoms with Crippen LogP contribution in [0.1, 0.15) is 23.7 Å². The van der Waals surface area contributed by atoms with E-state index in [9.17, 15) is 4.79 Å². The van der Waals surface area contributed by atoms with Gasteiger partial charge in [-0.1, -0.05) is 0 Å². The summed E-state index contributed by atoms with van der Waals surface area (Å²) >= 11 is 6.11. The van der Waals surface area contributed by atoms with E-state index in [0.717, 1.165) is 11.0 Å². The van der Waals surface area contributed by atoms with Crippen molar-refractivity contribution in [2.24, 2.45) is 5.73 Å². The Kier molecular flexibility index (Phi) is 4.11. The van der Waals surface area contributed by atoms with Crippen molar-refractivity contribution in [3.05, 3.63) is 29.6 Å². The number of ether oxygens (including phenoxy) is 1. The average molecular weight is 293 g/mol. The lowest BCUT2D eigenvalue weighted by atomic mass is 10.2. The highest BCUT2D eigenvalue weighted by Gasteiger charge is 2.15. The minimum Gasteiger partial charge on any atom is -0.448 e. The van der Waals surface area contributed by atoms with Crippen molar-refractivity contribution in [3.8, 4) is 6.07 Å². The van der Waals surface area contributed by atoms with Gasteiger partial charge in [-0.2, -0.15) is 5.26 Å². The van der Waals surface area contributed by atoms with Gasteiger partial charge in [0.15, 0.2) is 0 Å². The number of hydrogen-bond donors (Lipinski definition) is 1. The molecule has 7 heteroatoms. The molecule has 1 aromatic carbocycles. The molecule has 0 spiro atoms. The number of fused-ring (bicyclic) bond motifs is 1. The second kappa shape index (κ2) is 5.80. The fourth-order valence-electron chi connectivity index (χ4n) is 1.99.